The van der Waals surface area contributed by atoms with Crippen LogP contribution in [0.15, 0.2) is 29.4 Å². The number of thiol groups is 1. The Kier molecular flexibility index (Phi) is 6.24. The quantitative estimate of drug-likeness (QED) is 0.471. The highest BCUT2D eigenvalue weighted by molar-refractivity contribution is 8.03. The molecule has 2 atom stereocenters. The summed E-state index contributed by atoms with van der Waals surface area (Å²) in [6, 6.07) is 3.40. The molecule has 0 radical (unpaired) electrons. The molecule has 184 valence electrons. The van der Waals surface area contributed by atoms with Crippen LogP contribution in [0.5, 0.6) is 0 Å². The zero-order chi connectivity index (χ0) is 24.9. The lowest BCUT2D eigenvalue weighted by molar-refractivity contribution is 0.102. The van der Waals surface area contributed by atoms with Gasteiger partial charge in [-0.05, 0) is 61.9 Å². The van der Waals surface area contributed by atoms with E-state index in [0.29, 0.717) is 13.0 Å². The van der Waals surface area contributed by atoms with E-state index in [-0.39, 0.29) is 28.1 Å². The van der Waals surface area contributed by atoms with Gasteiger partial charge in [-0.1, -0.05) is 18.0 Å². The first-order valence-electron chi connectivity index (χ1n) is 10.9. The lowest BCUT2D eigenvalue weighted by Crippen LogP contribution is -2.67. The van der Waals surface area contributed by atoms with Gasteiger partial charge in [0.1, 0.15) is 40.2 Å². The summed E-state index contributed by atoms with van der Waals surface area (Å²) in [5.74, 6) is -1.92. The van der Waals surface area contributed by atoms with Crippen molar-refractivity contribution in [2.24, 2.45) is 10.7 Å². The first-order chi connectivity index (χ1) is 15.9. The second kappa shape index (κ2) is 8.62. The van der Waals surface area contributed by atoms with Crippen molar-refractivity contribution in [2.75, 3.05) is 11.9 Å². The summed E-state index contributed by atoms with van der Waals surface area (Å²) in [6.45, 7) is 5.82. The number of nitrogens with zero attached hydrogens (tertiary/aromatic N) is 3. The third kappa shape index (κ3) is 3.89. The molecule has 0 spiro atoms. The minimum Gasteiger partial charge on any atom is -0.386 e. The van der Waals surface area contributed by atoms with Crippen molar-refractivity contribution >= 4 is 39.3 Å². The number of aliphatic imine (C=N–C) groups is 1. The van der Waals surface area contributed by atoms with E-state index in [2.05, 4.69) is 25.0 Å². The molecule has 4 rings (SSSR count). The van der Waals surface area contributed by atoms with E-state index in [1.54, 1.807) is 20.8 Å². The summed E-state index contributed by atoms with van der Waals surface area (Å²) >= 11 is 5.93. The van der Waals surface area contributed by atoms with E-state index in [4.69, 9.17) is 17.3 Å². The normalized spacial score (nSPS) is 26.5. The molecule has 2 aliphatic heterocycles. The Morgan fingerprint density at radius 2 is 2.03 bits per heavy atom. The largest absolute Gasteiger partial charge is 0.386 e. The maximum absolute atomic E-state index is 15.2. The molecule has 0 saturated carbocycles. The number of amides is 1. The molecule has 0 aromatic carbocycles. The maximum Gasteiger partial charge on any atom is 0.276 e. The third-order valence-corrected chi connectivity index (χ3v) is 11.2. The van der Waals surface area contributed by atoms with E-state index >= 15 is 4.39 Å². The molecule has 12 heteroatoms. The molecule has 0 bridgehead atoms. The van der Waals surface area contributed by atoms with E-state index in [1.807, 2.05) is 0 Å². The number of halogens is 3. The van der Waals surface area contributed by atoms with E-state index in [9.17, 15) is 13.4 Å². The number of nitrogens with two attached hydrogens (primary N) is 1. The van der Waals surface area contributed by atoms with Gasteiger partial charge in [-0.15, -0.1) is 0 Å². The number of anilines is 1. The van der Waals surface area contributed by atoms with Gasteiger partial charge in [0.15, 0.2) is 0 Å². The molecule has 1 fully saturated rings. The number of rotatable bonds is 3. The Bertz CT molecular complexity index is 1240. The fourth-order valence-electron chi connectivity index (χ4n) is 4.69. The van der Waals surface area contributed by atoms with E-state index in [1.165, 1.54) is 6.07 Å². The molecule has 2 aromatic heterocycles. The first-order valence-corrected chi connectivity index (χ1v) is 13.1. The fourth-order valence-corrected chi connectivity index (χ4v) is 8.64. The second-order valence-electron chi connectivity index (χ2n) is 9.25. The highest BCUT2D eigenvalue weighted by Gasteiger charge is 2.57. The average Bonchev–Trinajstić information content (AvgIpc) is 2.97. The highest BCUT2D eigenvalue weighted by atomic mass is 35.5. The van der Waals surface area contributed by atoms with Crippen molar-refractivity contribution in [3.05, 3.63) is 52.4 Å². The summed E-state index contributed by atoms with van der Waals surface area (Å²) in [4.78, 5) is 25.4. The molecule has 1 amide bonds. The number of aromatic nitrogens is 2. The molecule has 1 saturated heterocycles. The van der Waals surface area contributed by atoms with Crippen molar-refractivity contribution in [2.45, 2.75) is 55.6 Å². The summed E-state index contributed by atoms with van der Waals surface area (Å²) in [5.41, 5.74) is 4.70. The maximum atomic E-state index is 15.2. The minimum atomic E-state index is -3.19. The van der Waals surface area contributed by atoms with Crippen LogP contribution in [0.1, 0.15) is 56.2 Å². The Hall–Kier alpha value is -2.50. The van der Waals surface area contributed by atoms with Gasteiger partial charge in [-0.3, -0.25) is 18.7 Å². The molecule has 4 heterocycles. The minimum absolute atomic E-state index is 0.0137. The molecule has 34 heavy (non-hydrogen) atoms. The number of amidine groups is 1. The number of fused-ring (bicyclic) bond motifs is 1. The molecule has 0 aliphatic carbocycles. The van der Waals surface area contributed by atoms with Crippen LogP contribution < -0.4 is 15.8 Å². The number of carbonyl (C=O) groups is 1. The molecular formula is C22H27ClF2N6O2S. The first kappa shape index (κ1) is 24.6. The van der Waals surface area contributed by atoms with Crippen LogP contribution in [0.4, 0.5) is 14.6 Å². The number of hydrogen-bond donors (Lipinski definition) is 4. The Balaban J connectivity index is 1.78. The lowest BCUT2D eigenvalue weighted by atomic mass is 9.88. The Labute approximate surface area is 202 Å². The molecule has 8 nitrogen and oxygen atoms in total. The van der Waals surface area contributed by atoms with Crippen molar-refractivity contribution in [1.82, 2.24) is 14.7 Å². The zero-order valence-electron chi connectivity index (χ0n) is 19.0. The number of nitrogens with one attached hydrogen (secondary N) is 2. The SMILES string of the molecule is CC1(C)C(N)=N[C@](C)(c2nc(NC(=O)c3ncc(F)cc3Cl)ccc2F)[C@H]2CCCCN[SH]21=O. The van der Waals surface area contributed by atoms with Crippen molar-refractivity contribution in [3.63, 3.8) is 0 Å². The van der Waals surface area contributed by atoms with E-state index < -0.39 is 43.2 Å². The molecule has 2 aromatic rings. The molecule has 0 unspecified atom stereocenters. The van der Waals surface area contributed by atoms with Gasteiger partial charge in [-0.25, -0.2) is 18.7 Å². The van der Waals surface area contributed by atoms with Gasteiger partial charge in [0.2, 0.25) is 0 Å². The molecule has 2 aliphatic rings. The van der Waals surface area contributed by atoms with Gasteiger partial charge in [0.05, 0.1) is 21.2 Å². The Morgan fingerprint density at radius 1 is 1.29 bits per heavy atom. The van der Waals surface area contributed by atoms with Gasteiger partial charge >= 0.3 is 0 Å². The van der Waals surface area contributed by atoms with Crippen LogP contribution in [0.25, 0.3) is 0 Å². The zero-order valence-corrected chi connectivity index (χ0v) is 20.7. The molecular weight excluding hydrogens is 486 g/mol. The van der Waals surface area contributed by atoms with Crippen LogP contribution in [-0.2, 0) is 15.7 Å². The van der Waals surface area contributed by atoms with Crippen LogP contribution >= 0.6 is 11.6 Å². The van der Waals surface area contributed by atoms with E-state index in [0.717, 1.165) is 31.2 Å². The fraction of sp³-hybridized carbons (Fsp3) is 0.455. The lowest BCUT2D eigenvalue weighted by Gasteiger charge is -2.53. The smallest absolute Gasteiger partial charge is 0.276 e. The highest BCUT2D eigenvalue weighted by Crippen LogP contribution is 2.47. The monoisotopic (exact) mass is 512 g/mol. The summed E-state index contributed by atoms with van der Waals surface area (Å²) in [6.07, 6.45) is 3.02. The molecule has 4 N–H and O–H groups in total. The van der Waals surface area contributed by atoms with Gasteiger partial charge in [0, 0.05) is 6.54 Å². The number of carbonyl (C=O) groups excluding carboxylic acids is 1. The van der Waals surface area contributed by atoms with Gasteiger partial charge in [-0.2, -0.15) is 0 Å². The van der Waals surface area contributed by atoms with Crippen LogP contribution in [0.3, 0.4) is 0 Å². The topological polar surface area (TPSA) is 122 Å². The average molecular weight is 513 g/mol. The third-order valence-electron chi connectivity index (χ3n) is 6.74. The van der Waals surface area contributed by atoms with Gasteiger partial charge in [0.25, 0.3) is 5.91 Å². The van der Waals surface area contributed by atoms with Crippen LogP contribution in [0.2, 0.25) is 5.02 Å². The number of pyridine rings is 2. The predicted octanol–water partition coefficient (Wildman–Crippen LogP) is 3.10. The van der Waals surface area contributed by atoms with Crippen LogP contribution in [-0.4, -0.2) is 42.5 Å². The van der Waals surface area contributed by atoms with Crippen molar-refractivity contribution < 1.29 is 17.8 Å². The predicted molar refractivity (Wildman–Crippen MR) is 130 cm³/mol. The van der Waals surface area contributed by atoms with Gasteiger partial charge < -0.3 is 11.1 Å². The standard InChI is InChI=1S/C22H27ClF2N6O2S/c1-21(2)20(26)31-22(3,15-6-4-5-9-28-34(15,21)33)18-14(25)7-8-16(29-18)30-19(32)17-13(23)10-12(24)11-27-17/h7-8,10-11,15,34H,4-6,9H2,1-3H3,(H2,26,31)(H,28,33)(H,29,30,32)/t15-,22+/m1/s1. The summed E-state index contributed by atoms with van der Waals surface area (Å²) < 4.78 is 45.2. The second-order valence-corrected chi connectivity index (χ2v) is 13.0. The summed E-state index contributed by atoms with van der Waals surface area (Å²) in [5, 5.41) is 1.79. The van der Waals surface area contributed by atoms with Crippen LogP contribution in [0, 0.1) is 11.6 Å². The van der Waals surface area contributed by atoms with Crippen molar-refractivity contribution in [1.29, 1.82) is 0 Å². The Morgan fingerprint density at radius 3 is 2.74 bits per heavy atom. The summed E-state index contributed by atoms with van der Waals surface area (Å²) in [7, 11) is -3.19. The number of hydrogen-bond acceptors (Lipinski definition) is 6. The van der Waals surface area contributed by atoms with Crippen molar-refractivity contribution in [3.8, 4) is 0 Å².